The molecule has 1 nitrogen and oxygen atoms in total. The standard InChI is InChI=1S/C4H10OS/c1-3-4-6(2)5/h3-4H2,1-2H3/t6-/m1/s1. The molecule has 0 aliphatic carbocycles. The van der Waals surface area contributed by atoms with Crippen LogP contribution in [0, 0.1) is 0 Å². The Labute approximate surface area is 41.2 Å². The van der Waals surface area contributed by atoms with Crippen molar-refractivity contribution in [3.63, 3.8) is 0 Å². The van der Waals surface area contributed by atoms with E-state index in [-0.39, 0.29) is 0 Å². The Morgan fingerprint density at radius 2 is 2.17 bits per heavy atom. The maximum absolute atomic E-state index is 10.2. The molecule has 0 unspecified atom stereocenters. The van der Waals surface area contributed by atoms with E-state index >= 15 is 0 Å². The molecule has 0 N–H and O–H groups in total. The molecule has 0 rings (SSSR count). The zero-order chi connectivity index (χ0) is 4.99. The molecule has 0 aromatic carbocycles. The van der Waals surface area contributed by atoms with Crippen molar-refractivity contribution in [2.24, 2.45) is 0 Å². The Morgan fingerprint density at radius 1 is 1.67 bits per heavy atom. The average Bonchev–Trinajstić information content (AvgIpc) is 1.35. The summed E-state index contributed by atoms with van der Waals surface area (Å²) in [6.45, 7) is 2.03. The minimum Gasteiger partial charge on any atom is -0.260 e. The number of hydrogen-bond donors (Lipinski definition) is 0. The minimum atomic E-state index is -0.566. The van der Waals surface area contributed by atoms with E-state index in [2.05, 4.69) is 0 Å². The van der Waals surface area contributed by atoms with Crippen LogP contribution in [0.25, 0.3) is 0 Å². The summed E-state index contributed by atoms with van der Waals surface area (Å²) in [6.07, 6.45) is 2.76. The van der Waals surface area contributed by atoms with E-state index in [0.717, 1.165) is 12.2 Å². The predicted molar refractivity (Wildman–Crippen MR) is 29.2 cm³/mol. The summed E-state index contributed by atoms with van der Waals surface area (Å²) < 4.78 is 10.2. The first-order valence-corrected chi connectivity index (χ1v) is 3.80. The van der Waals surface area contributed by atoms with Gasteiger partial charge >= 0.3 is 0 Å². The Kier molecular flexibility index (Phi) is 3.43. The van der Waals surface area contributed by atoms with Gasteiger partial charge in [0, 0.05) is 22.8 Å². The van der Waals surface area contributed by atoms with Crippen LogP contribution in [0.5, 0.6) is 0 Å². The molecule has 0 radical (unpaired) electrons. The summed E-state index contributed by atoms with van der Waals surface area (Å²) in [6, 6.07) is 0. The lowest BCUT2D eigenvalue weighted by molar-refractivity contribution is 0.685. The van der Waals surface area contributed by atoms with Gasteiger partial charge in [0.05, 0.1) is 0 Å². The SMILES string of the molecule is CCC[S@@](C)=O. The van der Waals surface area contributed by atoms with Crippen molar-refractivity contribution in [3.8, 4) is 0 Å². The molecule has 6 heavy (non-hydrogen) atoms. The smallest absolute Gasteiger partial charge is 0.0229 e. The van der Waals surface area contributed by atoms with Crippen LogP contribution in [-0.4, -0.2) is 16.2 Å². The third-order valence-electron chi connectivity index (χ3n) is 0.492. The number of rotatable bonds is 2. The van der Waals surface area contributed by atoms with Gasteiger partial charge in [0.25, 0.3) is 0 Å². The van der Waals surface area contributed by atoms with Crippen LogP contribution in [0.2, 0.25) is 0 Å². The second kappa shape index (κ2) is 3.34. The highest BCUT2D eigenvalue weighted by Crippen LogP contribution is 1.77. The average molecular weight is 106 g/mol. The Morgan fingerprint density at radius 3 is 2.17 bits per heavy atom. The molecule has 0 heterocycles. The van der Waals surface area contributed by atoms with E-state index in [1.54, 1.807) is 6.26 Å². The molecule has 0 fully saturated rings. The van der Waals surface area contributed by atoms with Gasteiger partial charge in [0.1, 0.15) is 0 Å². The molecule has 0 aliphatic rings. The molecule has 1 atom stereocenters. The molecule has 0 spiro atoms. The molecule has 0 saturated carbocycles. The van der Waals surface area contributed by atoms with Crippen LogP contribution in [0.15, 0.2) is 0 Å². The Hall–Kier alpha value is 0.150. The van der Waals surface area contributed by atoms with Crippen molar-refractivity contribution in [1.29, 1.82) is 0 Å². The van der Waals surface area contributed by atoms with Gasteiger partial charge in [0.15, 0.2) is 0 Å². The molecule has 0 aromatic rings. The number of hydrogen-bond acceptors (Lipinski definition) is 1. The van der Waals surface area contributed by atoms with Crippen LogP contribution in [-0.2, 0) is 10.8 Å². The van der Waals surface area contributed by atoms with Crippen LogP contribution < -0.4 is 0 Å². The van der Waals surface area contributed by atoms with Crippen molar-refractivity contribution in [2.75, 3.05) is 12.0 Å². The van der Waals surface area contributed by atoms with Gasteiger partial charge in [-0.1, -0.05) is 6.92 Å². The first-order chi connectivity index (χ1) is 2.77. The second-order valence-electron chi connectivity index (χ2n) is 1.28. The highest BCUT2D eigenvalue weighted by atomic mass is 32.2. The van der Waals surface area contributed by atoms with E-state index in [1.807, 2.05) is 6.92 Å². The first-order valence-electron chi connectivity index (χ1n) is 2.07. The topological polar surface area (TPSA) is 17.1 Å². The van der Waals surface area contributed by atoms with Gasteiger partial charge in [-0.3, -0.25) is 4.21 Å². The molecular formula is C4H10OS. The first kappa shape index (κ1) is 6.15. The zero-order valence-corrected chi connectivity index (χ0v) is 5.05. The molecule has 0 saturated heterocycles. The summed E-state index contributed by atoms with van der Waals surface area (Å²) in [5, 5.41) is 0. The lowest BCUT2D eigenvalue weighted by Crippen LogP contribution is -1.89. The van der Waals surface area contributed by atoms with Crippen molar-refractivity contribution in [3.05, 3.63) is 0 Å². The third-order valence-corrected chi connectivity index (χ3v) is 1.47. The quantitative estimate of drug-likeness (QED) is 0.508. The lowest BCUT2D eigenvalue weighted by atomic mass is 10.6. The van der Waals surface area contributed by atoms with Crippen molar-refractivity contribution >= 4 is 10.8 Å². The fraction of sp³-hybridized carbons (Fsp3) is 1.00. The zero-order valence-electron chi connectivity index (χ0n) is 4.23. The molecule has 0 amide bonds. The largest absolute Gasteiger partial charge is 0.260 e. The maximum atomic E-state index is 10.2. The van der Waals surface area contributed by atoms with Crippen LogP contribution in [0.4, 0.5) is 0 Å². The third kappa shape index (κ3) is 4.15. The molecule has 0 bridgehead atoms. The molecule has 0 aliphatic heterocycles. The molecule has 0 aromatic heterocycles. The van der Waals surface area contributed by atoms with E-state index < -0.39 is 10.8 Å². The summed E-state index contributed by atoms with van der Waals surface area (Å²) in [5.41, 5.74) is 0. The predicted octanol–water partition coefficient (Wildman–Crippen LogP) is 0.775. The van der Waals surface area contributed by atoms with Gasteiger partial charge in [-0.15, -0.1) is 0 Å². The second-order valence-corrected chi connectivity index (χ2v) is 2.83. The van der Waals surface area contributed by atoms with Gasteiger partial charge in [-0.25, -0.2) is 0 Å². The summed E-state index contributed by atoms with van der Waals surface area (Å²) >= 11 is 0. The van der Waals surface area contributed by atoms with Crippen LogP contribution in [0.1, 0.15) is 13.3 Å². The Bertz CT molecular complexity index is 51.5. The Balaban J connectivity index is 2.83. The van der Waals surface area contributed by atoms with Crippen molar-refractivity contribution in [1.82, 2.24) is 0 Å². The van der Waals surface area contributed by atoms with E-state index in [0.29, 0.717) is 0 Å². The van der Waals surface area contributed by atoms with E-state index in [4.69, 9.17) is 0 Å². The van der Waals surface area contributed by atoms with Crippen LogP contribution in [0.3, 0.4) is 0 Å². The van der Waals surface area contributed by atoms with Gasteiger partial charge < -0.3 is 0 Å². The van der Waals surface area contributed by atoms with Gasteiger partial charge in [0.2, 0.25) is 0 Å². The fourth-order valence-corrected chi connectivity index (χ4v) is 0.862. The van der Waals surface area contributed by atoms with Crippen molar-refractivity contribution in [2.45, 2.75) is 13.3 Å². The van der Waals surface area contributed by atoms with E-state index in [9.17, 15) is 4.21 Å². The van der Waals surface area contributed by atoms with Crippen molar-refractivity contribution < 1.29 is 4.21 Å². The van der Waals surface area contributed by atoms with Crippen LogP contribution >= 0.6 is 0 Å². The molecule has 38 valence electrons. The minimum absolute atomic E-state index is 0.566. The van der Waals surface area contributed by atoms with Gasteiger partial charge in [-0.05, 0) is 6.42 Å². The highest BCUT2D eigenvalue weighted by molar-refractivity contribution is 7.84. The normalized spacial score (nSPS) is 14.3. The molecule has 2 heteroatoms. The van der Waals surface area contributed by atoms with E-state index in [1.165, 1.54) is 0 Å². The summed E-state index contributed by atoms with van der Waals surface area (Å²) in [4.78, 5) is 0. The summed E-state index contributed by atoms with van der Waals surface area (Å²) in [7, 11) is -0.566. The highest BCUT2D eigenvalue weighted by Gasteiger charge is 1.80. The monoisotopic (exact) mass is 106 g/mol. The molecular weight excluding hydrogens is 96.1 g/mol. The lowest BCUT2D eigenvalue weighted by Gasteiger charge is -1.82. The maximum Gasteiger partial charge on any atom is 0.0229 e. The fourth-order valence-electron chi connectivity index (χ4n) is 0.287. The van der Waals surface area contributed by atoms with Gasteiger partial charge in [-0.2, -0.15) is 0 Å². The summed E-state index contributed by atoms with van der Waals surface area (Å²) in [5.74, 6) is 0.847.